The second-order valence-electron chi connectivity index (χ2n) is 8.47. The van der Waals surface area contributed by atoms with E-state index in [-0.39, 0.29) is 11.4 Å². The van der Waals surface area contributed by atoms with Gasteiger partial charge in [-0.05, 0) is 79.8 Å². The molecule has 0 amide bonds. The zero-order valence-corrected chi connectivity index (χ0v) is 19.0. The molecule has 1 nitrogen and oxygen atoms in total. The van der Waals surface area contributed by atoms with E-state index < -0.39 is 17.0 Å². The second-order valence-corrected chi connectivity index (χ2v) is 8.47. The average molecular weight is 438 g/mol. The topological polar surface area (TPSA) is 3.24 Å². The summed E-state index contributed by atoms with van der Waals surface area (Å²) in [6.07, 6.45) is 8.68. The van der Waals surface area contributed by atoms with E-state index >= 15 is 0 Å². The molecule has 32 heavy (non-hydrogen) atoms. The fourth-order valence-corrected chi connectivity index (χ4v) is 4.44. The monoisotopic (exact) mass is 437 g/mol. The fraction of sp³-hybridized carbons (Fsp3) is 0.286. The van der Waals surface area contributed by atoms with Crippen molar-refractivity contribution in [2.24, 2.45) is 5.41 Å². The zero-order chi connectivity index (χ0) is 23.5. The molecule has 0 bridgehead atoms. The van der Waals surface area contributed by atoms with E-state index in [9.17, 15) is 13.2 Å². The van der Waals surface area contributed by atoms with Gasteiger partial charge in [-0.1, -0.05) is 37.6 Å². The van der Waals surface area contributed by atoms with Gasteiger partial charge in [-0.2, -0.15) is 0 Å². The first-order valence-electron chi connectivity index (χ1n) is 10.9. The maximum absolute atomic E-state index is 14.3. The van der Waals surface area contributed by atoms with E-state index in [4.69, 9.17) is 0 Å². The first-order valence-corrected chi connectivity index (χ1v) is 10.9. The highest BCUT2D eigenvalue weighted by molar-refractivity contribution is 5.59. The standard InChI is InChI=1S/C28H30F3N/c1-6-9-22-16-27(32(5)24-12-10-23(29)11-13-24)21(7-2)18-28(22,8-3)17-20-14-25(30)19(4)26(31)15-20/h7-8,10-16H,2-3,6,9,17-18H2,1,4-5H3. The predicted molar refractivity (Wildman–Crippen MR) is 127 cm³/mol. The Labute approximate surface area is 189 Å². The number of nitrogens with zero attached hydrogens (tertiary/aromatic N) is 1. The molecule has 0 spiro atoms. The van der Waals surface area contributed by atoms with Crippen molar-refractivity contribution in [2.75, 3.05) is 11.9 Å². The van der Waals surface area contributed by atoms with Gasteiger partial charge in [-0.3, -0.25) is 0 Å². The first kappa shape index (κ1) is 23.6. The third kappa shape index (κ3) is 4.59. The summed E-state index contributed by atoms with van der Waals surface area (Å²) in [6.45, 7) is 11.7. The van der Waals surface area contributed by atoms with Crippen molar-refractivity contribution >= 4 is 5.69 Å². The van der Waals surface area contributed by atoms with E-state index in [1.54, 1.807) is 12.1 Å². The maximum atomic E-state index is 14.3. The van der Waals surface area contributed by atoms with Crippen molar-refractivity contribution in [3.8, 4) is 0 Å². The molecule has 1 atom stereocenters. The summed E-state index contributed by atoms with van der Waals surface area (Å²) in [5, 5.41) is 0. The summed E-state index contributed by atoms with van der Waals surface area (Å²) in [7, 11) is 1.94. The third-order valence-corrected chi connectivity index (χ3v) is 6.38. The Balaban J connectivity index is 2.06. The number of benzene rings is 2. The molecule has 0 saturated carbocycles. The lowest BCUT2D eigenvalue weighted by atomic mass is 9.66. The molecule has 1 aliphatic carbocycles. The van der Waals surface area contributed by atoms with Gasteiger partial charge in [0, 0.05) is 29.4 Å². The minimum Gasteiger partial charge on any atom is -0.344 e. The van der Waals surface area contributed by atoms with Crippen LogP contribution in [-0.2, 0) is 6.42 Å². The van der Waals surface area contributed by atoms with E-state index in [1.807, 2.05) is 24.1 Å². The Morgan fingerprint density at radius 3 is 2.22 bits per heavy atom. The van der Waals surface area contributed by atoms with Crippen LogP contribution in [0.15, 0.2) is 84.6 Å². The van der Waals surface area contributed by atoms with Crippen LogP contribution < -0.4 is 4.90 Å². The van der Waals surface area contributed by atoms with E-state index in [0.717, 1.165) is 35.4 Å². The molecule has 0 aliphatic heterocycles. The summed E-state index contributed by atoms with van der Waals surface area (Å²) >= 11 is 0. The number of hydrogen-bond acceptors (Lipinski definition) is 1. The van der Waals surface area contributed by atoms with Crippen LogP contribution in [0.5, 0.6) is 0 Å². The summed E-state index contributed by atoms with van der Waals surface area (Å²) < 4.78 is 41.9. The van der Waals surface area contributed by atoms with Gasteiger partial charge in [-0.25, -0.2) is 13.2 Å². The number of halogens is 3. The largest absolute Gasteiger partial charge is 0.344 e. The second kappa shape index (κ2) is 9.64. The molecule has 0 N–H and O–H groups in total. The average Bonchev–Trinajstić information content (AvgIpc) is 2.78. The van der Waals surface area contributed by atoms with Crippen molar-refractivity contribution in [1.82, 2.24) is 0 Å². The molecular weight excluding hydrogens is 407 g/mol. The smallest absolute Gasteiger partial charge is 0.129 e. The van der Waals surface area contributed by atoms with Crippen LogP contribution in [0.25, 0.3) is 0 Å². The normalized spacial score (nSPS) is 18.4. The van der Waals surface area contributed by atoms with E-state index in [1.165, 1.54) is 31.2 Å². The molecule has 0 aromatic heterocycles. The highest BCUT2D eigenvalue weighted by atomic mass is 19.1. The van der Waals surface area contributed by atoms with Crippen molar-refractivity contribution in [3.05, 3.63) is 113 Å². The van der Waals surface area contributed by atoms with Gasteiger partial charge in [0.15, 0.2) is 0 Å². The molecule has 168 valence electrons. The summed E-state index contributed by atoms with van der Waals surface area (Å²) in [5.74, 6) is -1.35. The molecule has 1 aliphatic rings. The number of rotatable bonds is 8. The maximum Gasteiger partial charge on any atom is 0.129 e. The van der Waals surface area contributed by atoms with Crippen molar-refractivity contribution in [3.63, 3.8) is 0 Å². The van der Waals surface area contributed by atoms with Crippen molar-refractivity contribution in [1.29, 1.82) is 0 Å². The van der Waals surface area contributed by atoms with Crippen LogP contribution >= 0.6 is 0 Å². The summed E-state index contributed by atoms with van der Waals surface area (Å²) in [5.41, 5.74) is 4.17. The molecule has 1 unspecified atom stereocenters. The minimum atomic E-state index is -0.535. The number of hydrogen-bond donors (Lipinski definition) is 0. The number of likely N-dealkylation sites (N-methyl/N-ethyl adjacent to an activating group) is 1. The lowest BCUT2D eigenvalue weighted by molar-refractivity contribution is 0.426. The summed E-state index contributed by atoms with van der Waals surface area (Å²) in [6, 6.07) is 9.20. The molecular formula is C28H30F3N. The number of anilines is 1. The quantitative estimate of drug-likeness (QED) is 0.380. The molecule has 3 rings (SSSR count). The zero-order valence-electron chi connectivity index (χ0n) is 19.0. The third-order valence-electron chi connectivity index (χ3n) is 6.38. The van der Waals surface area contributed by atoms with Crippen LogP contribution in [0.2, 0.25) is 0 Å². The van der Waals surface area contributed by atoms with Gasteiger partial charge >= 0.3 is 0 Å². The number of allylic oxidation sites excluding steroid dienone is 5. The van der Waals surface area contributed by atoms with Crippen molar-refractivity contribution < 1.29 is 13.2 Å². The lowest BCUT2D eigenvalue weighted by Crippen LogP contribution is -2.31. The van der Waals surface area contributed by atoms with Crippen LogP contribution in [0.4, 0.5) is 18.9 Å². The Bertz CT molecular complexity index is 1060. The molecule has 0 saturated heterocycles. The Morgan fingerprint density at radius 1 is 1.06 bits per heavy atom. The van der Waals surface area contributed by atoms with Crippen LogP contribution in [-0.4, -0.2) is 7.05 Å². The van der Waals surface area contributed by atoms with Crippen molar-refractivity contribution in [2.45, 2.75) is 39.5 Å². The van der Waals surface area contributed by atoms with Gasteiger partial charge in [0.1, 0.15) is 17.5 Å². The van der Waals surface area contributed by atoms with Crippen LogP contribution in [0, 0.1) is 29.8 Å². The molecule has 0 radical (unpaired) electrons. The minimum absolute atomic E-state index is 0.0317. The van der Waals surface area contributed by atoms with Crippen LogP contribution in [0.3, 0.4) is 0 Å². The van der Waals surface area contributed by atoms with Gasteiger partial charge in [0.05, 0.1) is 0 Å². The molecule has 2 aromatic carbocycles. The van der Waals surface area contributed by atoms with Gasteiger partial charge in [0.2, 0.25) is 0 Å². The Morgan fingerprint density at radius 2 is 1.69 bits per heavy atom. The highest BCUT2D eigenvalue weighted by Crippen LogP contribution is 2.47. The van der Waals surface area contributed by atoms with Gasteiger partial charge < -0.3 is 4.90 Å². The molecule has 2 aromatic rings. The van der Waals surface area contributed by atoms with Gasteiger partial charge in [0.25, 0.3) is 0 Å². The van der Waals surface area contributed by atoms with E-state index in [2.05, 4.69) is 26.2 Å². The predicted octanol–water partition coefficient (Wildman–Crippen LogP) is 7.83. The highest BCUT2D eigenvalue weighted by Gasteiger charge is 2.36. The van der Waals surface area contributed by atoms with Crippen LogP contribution in [0.1, 0.15) is 37.3 Å². The summed E-state index contributed by atoms with van der Waals surface area (Å²) in [4.78, 5) is 2.02. The molecule has 0 fully saturated rings. The molecule has 0 heterocycles. The molecule has 4 heteroatoms. The first-order chi connectivity index (χ1) is 15.2. The SMILES string of the molecule is C=CC1=C(N(C)c2ccc(F)cc2)C=C(CCC)C(C=C)(Cc2cc(F)c(C)c(F)c2)C1. The van der Waals surface area contributed by atoms with Gasteiger partial charge in [-0.15, -0.1) is 6.58 Å². The lowest BCUT2D eigenvalue weighted by Gasteiger charge is -2.40. The Kier molecular flexibility index (Phi) is 7.12. The van der Waals surface area contributed by atoms with E-state index in [0.29, 0.717) is 18.4 Å². The Hall–Kier alpha value is -3.01. The fourth-order valence-electron chi connectivity index (χ4n) is 4.44.